The molecule has 0 aromatic rings. The molecule has 0 radical (unpaired) electrons. The van der Waals surface area contributed by atoms with Gasteiger partial charge in [0.05, 0.1) is 41.9 Å². The van der Waals surface area contributed by atoms with Crippen LogP contribution in [0.5, 0.6) is 0 Å². The summed E-state index contributed by atoms with van der Waals surface area (Å²) in [5.74, 6) is 2.24. The Morgan fingerprint density at radius 3 is 2.37 bits per heavy atom. The van der Waals surface area contributed by atoms with Crippen LogP contribution in [0.4, 0.5) is 0 Å². The van der Waals surface area contributed by atoms with Crippen LogP contribution in [-0.2, 0) is 23.7 Å². The standard InChI is InChI=1S/C34H56O9/c1-18(35)23-11-14-34(38)25-8-7-21-15-22(9-12-32(21,4)24(25)10-13-33(23,34)5)42-28-16-26(36)31(20(3)41-28)43-29-17-27(39-6)30(37)19(2)40-29/h15,18-21,23-31,35-38H,7-14,16-17H2,1-6H3/t18-,19+,20+,21+,23+,24-,25+,26-,27-,28-,29-,30+,31+,32-,33+,34-/m0/s1. The first kappa shape index (κ1) is 32.2. The summed E-state index contributed by atoms with van der Waals surface area (Å²) < 4.78 is 30.0. The van der Waals surface area contributed by atoms with E-state index in [-0.39, 0.29) is 34.9 Å². The molecule has 43 heavy (non-hydrogen) atoms. The van der Waals surface area contributed by atoms with Gasteiger partial charge in [0.1, 0.15) is 12.2 Å². The molecule has 0 spiro atoms. The number of rotatable bonds is 6. The maximum Gasteiger partial charge on any atom is 0.202 e. The molecule has 6 rings (SSSR count). The van der Waals surface area contributed by atoms with E-state index >= 15 is 0 Å². The maximum atomic E-state index is 12.3. The van der Waals surface area contributed by atoms with Crippen molar-refractivity contribution in [1.82, 2.24) is 0 Å². The molecule has 16 atom stereocenters. The van der Waals surface area contributed by atoms with Crippen molar-refractivity contribution in [1.29, 1.82) is 0 Å². The topological polar surface area (TPSA) is 127 Å². The molecule has 6 aliphatic rings. The van der Waals surface area contributed by atoms with Crippen LogP contribution in [0.15, 0.2) is 11.8 Å². The summed E-state index contributed by atoms with van der Waals surface area (Å²) in [4.78, 5) is 0. The molecule has 3 saturated carbocycles. The van der Waals surface area contributed by atoms with Gasteiger partial charge in [-0.15, -0.1) is 0 Å². The molecule has 0 amide bonds. The highest BCUT2D eigenvalue weighted by Gasteiger charge is 2.67. The Kier molecular flexibility index (Phi) is 8.82. The average molecular weight is 609 g/mol. The minimum absolute atomic E-state index is 0.111. The van der Waals surface area contributed by atoms with Crippen LogP contribution >= 0.6 is 0 Å². The molecule has 5 fully saturated rings. The second kappa shape index (κ2) is 11.8. The van der Waals surface area contributed by atoms with Crippen LogP contribution in [0.3, 0.4) is 0 Å². The summed E-state index contributed by atoms with van der Waals surface area (Å²) in [5, 5.41) is 44.1. The second-order valence-electron chi connectivity index (χ2n) is 15.4. The van der Waals surface area contributed by atoms with E-state index in [4.69, 9.17) is 23.7 Å². The lowest BCUT2D eigenvalue weighted by atomic mass is 9.44. The molecule has 2 saturated heterocycles. The molecule has 0 aromatic heterocycles. The van der Waals surface area contributed by atoms with Gasteiger partial charge in [0.2, 0.25) is 6.29 Å². The third-order valence-electron chi connectivity index (χ3n) is 13.3. The monoisotopic (exact) mass is 608 g/mol. The molecule has 0 bridgehead atoms. The number of methoxy groups -OCH3 is 1. The first-order valence-electron chi connectivity index (χ1n) is 16.9. The van der Waals surface area contributed by atoms with Gasteiger partial charge in [-0.3, -0.25) is 0 Å². The summed E-state index contributed by atoms with van der Waals surface area (Å²) in [7, 11) is 1.57. The minimum Gasteiger partial charge on any atom is -0.470 e. The zero-order valence-corrected chi connectivity index (χ0v) is 27.0. The van der Waals surface area contributed by atoms with Gasteiger partial charge in [-0.2, -0.15) is 0 Å². The van der Waals surface area contributed by atoms with Crippen molar-refractivity contribution < 1.29 is 44.1 Å². The largest absolute Gasteiger partial charge is 0.470 e. The third-order valence-corrected chi connectivity index (χ3v) is 13.3. The van der Waals surface area contributed by atoms with Crippen molar-refractivity contribution in [3.63, 3.8) is 0 Å². The highest BCUT2D eigenvalue weighted by Crippen LogP contribution is 2.69. The molecule has 9 heteroatoms. The van der Waals surface area contributed by atoms with Crippen molar-refractivity contribution in [2.75, 3.05) is 7.11 Å². The first-order chi connectivity index (χ1) is 20.3. The molecule has 4 aliphatic carbocycles. The first-order valence-corrected chi connectivity index (χ1v) is 16.9. The number of aliphatic hydroxyl groups is 4. The second-order valence-corrected chi connectivity index (χ2v) is 15.4. The lowest BCUT2D eigenvalue weighted by Crippen LogP contribution is -2.62. The summed E-state index contributed by atoms with van der Waals surface area (Å²) >= 11 is 0. The van der Waals surface area contributed by atoms with E-state index in [1.54, 1.807) is 14.0 Å². The van der Waals surface area contributed by atoms with Crippen LogP contribution in [0, 0.1) is 34.5 Å². The summed E-state index contributed by atoms with van der Waals surface area (Å²) in [5.41, 5.74) is -0.798. The van der Waals surface area contributed by atoms with E-state index in [1.165, 1.54) is 0 Å². The molecule has 9 nitrogen and oxygen atoms in total. The Hall–Kier alpha value is -0.780. The van der Waals surface area contributed by atoms with Gasteiger partial charge in [-0.25, -0.2) is 0 Å². The van der Waals surface area contributed by atoms with Gasteiger partial charge in [-0.1, -0.05) is 13.8 Å². The molecule has 0 aromatic carbocycles. The fourth-order valence-corrected chi connectivity index (χ4v) is 10.7. The van der Waals surface area contributed by atoms with Crippen molar-refractivity contribution in [3.8, 4) is 0 Å². The number of aliphatic hydroxyl groups excluding tert-OH is 3. The highest BCUT2D eigenvalue weighted by molar-refractivity contribution is 5.20. The Labute approximate surface area is 257 Å². The van der Waals surface area contributed by atoms with Crippen LogP contribution in [0.25, 0.3) is 0 Å². The average Bonchev–Trinajstić information content (AvgIpc) is 3.24. The number of fused-ring (bicyclic) bond motifs is 5. The van der Waals surface area contributed by atoms with Crippen LogP contribution in [0.2, 0.25) is 0 Å². The zero-order valence-electron chi connectivity index (χ0n) is 27.0. The summed E-state index contributed by atoms with van der Waals surface area (Å²) in [6.07, 6.45) is 5.82. The number of hydrogen-bond acceptors (Lipinski definition) is 9. The molecular formula is C34H56O9. The Morgan fingerprint density at radius 1 is 0.930 bits per heavy atom. The van der Waals surface area contributed by atoms with E-state index in [2.05, 4.69) is 19.9 Å². The lowest BCUT2D eigenvalue weighted by molar-refractivity contribution is -0.309. The van der Waals surface area contributed by atoms with Gasteiger partial charge in [0, 0.05) is 31.8 Å². The number of hydrogen-bond donors (Lipinski definition) is 4. The van der Waals surface area contributed by atoms with Crippen molar-refractivity contribution in [2.45, 2.75) is 160 Å². The number of allylic oxidation sites excluding steroid dienone is 2. The molecule has 246 valence electrons. The normalized spacial score (nSPS) is 54.1. The maximum absolute atomic E-state index is 12.3. The van der Waals surface area contributed by atoms with Crippen molar-refractivity contribution in [3.05, 3.63) is 11.8 Å². The molecule has 2 heterocycles. The van der Waals surface area contributed by atoms with Gasteiger partial charge < -0.3 is 44.1 Å². The van der Waals surface area contributed by atoms with Crippen LogP contribution < -0.4 is 0 Å². The predicted molar refractivity (Wildman–Crippen MR) is 158 cm³/mol. The van der Waals surface area contributed by atoms with E-state index in [1.807, 2.05) is 13.8 Å². The van der Waals surface area contributed by atoms with Crippen LogP contribution in [0.1, 0.15) is 98.8 Å². The molecule has 2 aliphatic heterocycles. The quantitative estimate of drug-likeness (QED) is 0.353. The molecule has 4 N–H and O–H groups in total. The molecule has 0 unspecified atom stereocenters. The van der Waals surface area contributed by atoms with Crippen molar-refractivity contribution in [2.24, 2.45) is 34.5 Å². The lowest BCUT2D eigenvalue weighted by Gasteiger charge is -2.63. The van der Waals surface area contributed by atoms with Gasteiger partial charge in [-0.05, 0) is 101 Å². The van der Waals surface area contributed by atoms with E-state index in [9.17, 15) is 20.4 Å². The minimum atomic E-state index is -0.778. The Balaban J connectivity index is 1.08. The van der Waals surface area contributed by atoms with E-state index in [0.717, 1.165) is 57.1 Å². The fraction of sp³-hybridized carbons (Fsp3) is 0.941. The molecular weight excluding hydrogens is 552 g/mol. The fourth-order valence-electron chi connectivity index (χ4n) is 10.7. The van der Waals surface area contributed by atoms with E-state index < -0.39 is 48.7 Å². The van der Waals surface area contributed by atoms with Crippen molar-refractivity contribution >= 4 is 0 Å². The van der Waals surface area contributed by atoms with Gasteiger partial charge in [0.25, 0.3) is 0 Å². The highest BCUT2D eigenvalue weighted by atomic mass is 16.7. The third kappa shape index (κ3) is 5.32. The number of ether oxygens (including phenoxy) is 5. The Bertz CT molecular complexity index is 1020. The van der Waals surface area contributed by atoms with Crippen LogP contribution in [-0.4, -0.2) is 88.4 Å². The summed E-state index contributed by atoms with van der Waals surface area (Å²) in [6, 6.07) is 0. The Morgan fingerprint density at radius 2 is 1.67 bits per heavy atom. The SMILES string of the molecule is CO[C@H]1C[C@H](O[C@H]2[C@@H](O)C[C@H](OC3=C[C@H]4CC[C@@H]5[C@H](CC[C@]6(C)[C@@H]([C@H](C)O)CC[C@]56O)[C@@]4(C)CC3)O[C@@H]2C)O[C@H](C)[C@H]1O. The van der Waals surface area contributed by atoms with Gasteiger partial charge >= 0.3 is 0 Å². The smallest absolute Gasteiger partial charge is 0.202 e. The zero-order chi connectivity index (χ0) is 30.9. The van der Waals surface area contributed by atoms with E-state index in [0.29, 0.717) is 24.7 Å². The van der Waals surface area contributed by atoms with Gasteiger partial charge in [0.15, 0.2) is 6.29 Å². The summed E-state index contributed by atoms with van der Waals surface area (Å²) in [6.45, 7) is 10.3. The predicted octanol–water partition coefficient (Wildman–Crippen LogP) is 4.04.